The van der Waals surface area contributed by atoms with E-state index in [0.29, 0.717) is 24.5 Å². The number of hydrogen-bond acceptors (Lipinski definition) is 4. The molecule has 0 aliphatic carbocycles. The monoisotopic (exact) mass is 338 g/mol. The summed E-state index contributed by atoms with van der Waals surface area (Å²) >= 11 is 0. The molecule has 0 aromatic heterocycles. The molecule has 0 unspecified atom stereocenters. The van der Waals surface area contributed by atoms with Gasteiger partial charge in [0.25, 0.3) is 0 Å². The van der Waals surface area contributed by atoms with E-state index in [2.05, 4.69) is 5.10 Å². The summed E-state index contributed by atoms with van der Waals surface area (Å²) in [5, 5.41) is 6.08. The third-order valence-electron chi connectivity index (χ3n) is 4.28. The maximum absolute atomic E-state index is 12.4. The SMILES string of the molecule is COc1ccc(C2=NN(C(=O)CCc3ccccc3)CC2)cc1OC. The van der Waals surface area contributed by atoms with E-state index < -0.39 is 0 Å². The molecule has 0 fully saturated rings. The Morgan fingerprint density at radius 2 is 1.84 bits per heavy atom. The minimum Gasteiger partial charge on any atom is -0.493 e. The third-order valence-corrected chi connectivity index (χ3v) is 4.28. The molecule has 5 heteroatoms. The minimum atomic E-state index is 0.0549. The van der Waals surface area contributed by atoms with E-state index in [1.807, 2.05) is 48.5 Å². The second-order valence-corrected chi connectivity index (χ2v) is 5.87. The highest BCUT2D eigenvalue weighted by Crippen LogP contribution is 2.29. The number of hydrogen-bond donors (Lipinski definition) is 0. The van der Waals surface area contributed by atoms with Crippen LogP contribution in [0.5, 0.6) is 11.5 Å². The zero-order valence-electron chi connectivity index (χ0n) is 14.6. The molecule has 25 heavy (non-hydrogen) atoms. The number of amides is 1. The minimum absolute atomic E-state index is 0.0549. The van der Waals surface area contributed by atoms with Crippen LogP contribution in [0.25, 0.3) is 0 Å². The van der Waals surface area contributed by atoms with Crippen LogP contribution < -0.4 is 9.47 Å². The number of carbonyl (C=O) groups is 1. The molecule has 0 bridgehead atoms. The molecule has 2 aromatic rings. The van der Waals surface area contributed by atoms with Gasteiger partial charge in [-0.3, -0.25) is 4.79 Å². The Labute approximate surface area is 147 Å². The summed E-state index contributed by atoms with van der Waals surface area (Å²) in [5.74, 6) is 1.40. The largest absolute Gasteiger partial charge is 0.493 e. The van der Waals surface area contributed by atoms with E-state index >= 15 is 0 Å². The van der Waals surface area contributed by atoms with Gasteiger partial charge in [-0.1, -0.05) is 30.3 Å². The molecule has 1 amide bonds. The van der Waals surface area contributed by atoms with E-state index in [1.54, 1.807) is 19.2 Å². The Morgan fingerprint density at radius 3 is 2.56 bits per heavy atom. The van der Waals surface area contributed by atoms with E-state index in [0.717, 1.165) is 24.1 Å². The van der Waals surface area contributed by atoms with Crippen molar-refractivity contribution in [3.63, 3.8) is 0 Å². The maximum atomic E-state index is 12.4. The Hall–Kier alpha value is -2.82. The van der Waals surface area contributed by atoms with Gasteiger partial charge in [0.05, 0.1) is 26.5 Å². The first-order valence-electron chi connectivity index (χ1n) is 8.35. The number of aryl methyl sites for hydroxylation is 1. The van der Waals surface area contributed by atoms with Gasteiger partial charge in [0.2, 0.25) is 5.91 Å². The molecule has 0 saturated heterocycles. The number of benzene rings is 2. The van der Waals surface area contributed by atoms with Gasteiger partial charge in [-0.25, -0.2) is 5.01 Å². The van der Waals surface area contributed by atoms with Crippen LogP contribution >= 0.6 is 0 Å². The van der Waals surface area contributed by atoms with Gasteiger partial charge in [0.1, 0.15) is 0 Å². The average molecular weight is 338 g/mol. The molecule has 0 saturated carbocycles. The fourth-order valence-electron chi connectivity index (χ4n) is 2.88. The molecule has 1 aliphatic heterocycles. The van der Waals surface area contributed by atoms with Crippen LogP contribution in [0.1, 0.15) is 24.0 Å². The average Bonchev–Trinajstić information content (AvgIpc) is 3.16. The Morgan fingerprint density at radius 1 is 1.08 bits per heavy atom. The fraction of sp³-hybridized carbons (Fsp3) is 0.300. The fourth-order valence-corrected chi connectivity index (χ4v) is 2.88. The van der Waals surface area contributed by atoms with Crippen LogP contribution in [-0.4, -0.2) is 37.4 Å². The second-order valence-electron chi connectivity index (χ2n) is 5.87. The summed E-state index contributed by atoms with van der Waals surface area (Å²) in [7, 11) is 3.22. The van der Waals surface area contributed by atoms with Crippen molar-refractivity contribution in [1.82, 2.24) is 5.01 Å². The van der Waals surface area contributed by atoms with Crippen LogP contribution in [0.2, 0.25) is 0 Å². The zero-order chi connectivity index (χ0) is 17.6. The number of nitrogens with zero attached hydrogens (tertiary/aromatic N) is 2. The lowest BCUT2D eigenvalue weighted by atomic mass is 10.1. The quantitative estimate of drug-likeness (QED) is 0.812. The summed E-state index contributed by atoms with van der Waals surface area (Å²) in [4.78, 5) is 12.4. The number of rotatable bonds is 6. The van der Waals surface area contributed by atoms with Gasteiger partial charge in [-0.2, -0.15) is 5.10 Å². The zero-order valence-corrected chi connectivity index (χ0v) is 14.6. The second kappa shape index (κ2) is 7.83. The standard InChI is InChI=1S/C20H22N2O3/c1-24-18-10-9-16(14-19(18)25-2)17-12-13-22(21-17)20(23)11-8-15-6-4-3-5-7-15/h3-7,9-10,14H,8,11-13H2,1-2H3. The van der Waals surface area contributed by atoms with Gasteiger partial charge in [-0.15, -0.1) is 0 Å². The molecular weight excluding hydrogens is 316 g/mol. The Balaban J connectivity index is 1.66. The van der Waals surface area contributed by atoms with Crippen molar-refractivity contribution in [3.05, 3.63) is 59.7 Å². The van der Waals surface area contributed by atoms with Crippen molar-refractivity contribution in [2.24, 2.45) is 5.10 Å². The molecule has 1 heterocycles. The van der Waals surface area contributed by atoms with Crippen LogP contribution in [0, 0.1) is 0 Å². The van der Waals surface area contributed by atoms with E-state index in [4.69, 9.17) is 9.47 Å². The summed E-state index contributed by atoms with van der Waals surface area (Å²) < 4.78 is 10.6. The van der Waals surface area contributed by atoms with Gasteiger partial charge < -0.3 is 9.47 Å². The normalized spacial score (nSPS) is 13.5. The van der Waals surface area contributed by atoms with E-state index in [-0.39, 0.29) is 5.91 Å². The smallest absolute Gasteiger partial charge is 0.243 e. The third kappa shape index (κ3) is 3.99. The summed E-state index contributed by atoms with van der Waals surface area (Å²) in [6, 6.07) is 15.7. The predicted molar refractivity (Wildman–Crippen MR) is 97.2 cm³/mol. The molecule has 2 aromatic carbocycles. The number of carbonyl (C=O) groups excluding carboxylic acids is 1. The van der Waals surface area contributed by atoms with Gasteiger partial charge in [-0.05, 0) is 30.2 Å². The Bertz CT molecular complexity index is 772. The number of ether oxygens (including phenoxy) is 2. The van der Waals surface area contributed by atoms with Crippen molar-refractivity contribution in [3.8, 4) is 11.5 Å². The van der Waals surface area contributed by atoms with Crippen molar-refractivity contribution in [1.29, 1.82) is 0 Å². The van der Waals surface area contributed by atoms with Crippen LogP contribution in [0.4, 0.5) is 0 Å². The molecule has 5 nitrogen and oxygen atoms in total. The highest BCUT2D eigenvalue weighted by molar-refractivity contribution is 6.03. The molecule has 0 spiro atoms. The molecule has 0 N–H and O–H groups in total. The molecule has 0 atom stereocenters. The van der Waals surface area contributed by atoms with Crippen molar-refractivity contribution in [2.45, 2.75) is 19.3 Å². The molecule has 3 rings (SSSR count). The van der Waals surface area contributed by atoms with Gasteiger partial charge in [0.15, 0.2) is 11.5 Å². The Kier molecular flexibility index (Phi) is 5.33. The lowest BCUT2D eigenvalue weighted by Gasteiger charge is -2.11. The number of hydrazone groups is 1. The van der Waals surface area contributed by atoms with Crippen molar-refractivity contribution < 1.29 is 14.3 Å². The number of methoxy groups -OCH3 is 2. The van der Waals surface area contributed by atoms with E-state index in [1.165, 1.54) is 5.56 Å². The lowest BCUT2D eigenvalue weighted by Crippen LogP contribution is -2.23. The van der Waals surface area contributed by atoms with Crippen molar-refractivity contribution >= 4 is 11.6 Å². The molecule has 1 aliphatic rings. The van der Waals surface area contributed by atoms with Crippen LogP contribution in [0.15, 0.2) is 53.6 Å². The maximum Gasteiger partial charge on any atom is 0.243 e. The van der Waals surface area contributed by atoms with Crippen molar-refractivity contribution in [2.75, 3.05) is 20.8 Å². The van der Waals surface area contributed by atoms with Crippen LogP contribution in [0.3, 0.4) is 0 Å². The van der Waals surface area contributed by atoms with Crippen LogP contribution in [-0.2, 0) is 11.2 Å². The predicted octanol–water partition coefficient (Wildman–Crippen LogP) is 3.27. The highest BCUT2D eigenvalue weighted by Gasteiger charge is 2.22. The first-order chi connectivity index (χ1) is 12.2. The van der Waals surface area contributed by atoms with E-state index in [9.17, 15) is 4.79 Å². The molecule has 130 valence electrons. The summed E-state index contributed by atoms with van der Waals surface area (Å²) in [5.41, 5.74) is 3.02. The molecular formula is C20H22N2O3. The van der Waals surface area contributed by atoms with Gasteiger partial charge >= 0.3 is 0 Å². The lowest BCUT2D eigenvalue weighted by molar-refractivity contribution is -0.130. The summed E-state index contributed by atoms with van der Waals surface area (Å²) in [6.07, 6.45) is 1.94. The van der Waals surface area contributed by atoms with Gasteiger partial charge in [0, 0.05) is 18.4 Å². The highest BCUT2D eigenvalue weighted by atomic mass is 16.5. The summed E-state index contributed by atoms with van der Waals surface area (Å²) in [6.45, 7) is 0.622. The first kappa shape index (κ1) is 17.0. The first-order valence-corrected chi connectivity index (χ1v) is 8.35. The topological polar surface area (TPSA) is 51.1 Å². The molecule has 0 radical (unpaired) electrons.